The van der Waals surface area contributed by atoms with E-state index >= 15 is 0 Å². The fourth-order valence-electron chi connectivity index (χ4n) is 2.34. The summed E-state index contributed by atoms with van der Waals surface area (Å²) in [4.78, 5) is 5.70. The SMILES string of the molecule is CCOc1c(/C=C(/C#N)c2nc(-c3cccs3)cs2)cccc1OC. The van der Waals surface area contributed by atoms with Gasteiger partial charge < -0.3 is 9.47 Å². The Morgan fingerprint density at radius 2 is 2.16 bits per heavy atom. The molecule has 0 N–H and O–H groups in total. The molecular formula is C19H16N2O2S2. The first-order chi connectivity index (χ1) is 12.3. The van der Waals surface area contributed by atoms with Gasteiger partial charge in [0, 0.05) is 10.9 Å². The first kappa shape index (κ1) is 17.2. The maximum atomic E-state index is 9.61. The van der Waals surface area contributed by atoms with Crippen LogP contribution < -0.4 is 9.47 Å². The highest BCUT2D eigenvalue weighted by molar-refractivity contribution is 7.14. The lowest BCUT2D eigenvalue weighted by Gasteiger charge is -2.12. The van der Waals surface area contributed by atoms with Crippen molar-refractivity contribution in [1.29, 1.82) is 5.26 Å². The van der Waals surface area contributed by atoms with Crippen molar-refractivity contribution in [3.8, 4) is 28.1 Å². The van der Waals surface area contributed by atoms with E-state index in [4.69, 9.17) is 9.47 Å². The van der Waals surface area contributed by atoms with Gasteiger partial charge in [0.1, 0.15) is 11.1 Å². The molecular weight excluding hydrogens is 352 g/mol. The molecule has 3 aromatic rings. The van der Waals surface area contributed by atoms with Crippen molar-refractivity contribution in [2.75, 3.05) is 13.7 Å². The van der Waals surface area contributed by atoms with Crippen LogP contribution in [0.4, 0.5) is 0 Å². The average Bonchev–Trinajstić information content (AvgIpc) is 3.32. The maximum Gasteiger partial charge on any atom is 0.168 e. The summed E-state index contributed by atoms with van der Waals surface area (Å²) in [5.74, 6) is 1.28. The van der Waals surface area contributed by atoms with Crippen LogP contribution in [0.25, 0.3) is 22.2 Å². The third kappa shape index (κ3) is 3.73. The lowest BCUT2D eigenvalue weighted by molar-refractivity contribution is 0.310. The van der Waals surface area contributed by atoms with Crippen LogP contribution in [0.3, 0.4) is 0 Å². The lowest BCUT2D eigenvalue weighted by atomic mass is 10.1. The zero-order valence-electron chi connectivity index (χ0n) is 13.9. The Morgan fingerprint density at radius 3 is 2.84 bits per heavy atom. The van der Waals surface area contributed by atoms with Crippen molar-refractivity contribution in [2.45, 2.75) is 6.92 Å². The van der Waals surface area contributed by atoms with Crippen LogP contribution in [0.5, 0.6) is 11.5 Å². The maximum absolute atomic E-state index is 9.61. The van der Waals surface area contributed by atoms with Crippen molar-refractivity contribution in [2.24, 2.45) is 0 Å². The van der Waals surface area contributed by atoms with Gasteiger partial charge in [-0.1, -0.05) is 18.2 Å². The normalized spacial score (nSPS) is 11.2. The molecule has 2 heterocycles. The molecule has 0 aliphatic carbocycles. The van der Waals surface area contributed by atoms with Crippen molar-refractivity contribution in [3.63, 3.8) is 0 Å². The molecule has 0 fully saturated rings. The summed E-state index contributed by atoms with van der Waals surface area (Å²) >= 11 is 3.09. The number of thiazole rings is 1. The third-order valence-corrected chi connectivity index (χ3v) is 5.21. The smallest absolute Gasteiger partial charge is 0.168 e. The first-order valence-corrected chi connectivity index (χ1v) is 9.44. The summed E-state index contributed by atoms with van der Waals surface area (Å²) in [7, 11) is 1.60. The van der Waals surface area contributed by atoms with E-state index in [0.717, 1.165) is 16.1 Å². The predicted octanol–water partition coefficient (Wildman–Crippen LogP) is 5.34. The monoisotopic (exact) mass is 368 g/mol. The average molecular weight is 368 g/mol. The number of nitriles is 1. The van der Waals surface area contributed by atoms with Crippen molar-refractivity contribution in [1.82, 2.24) is 4.98 Å². The Balaban J connectivity index is 2.01. The van der Waals surface area contributed by atoms with E-state index in [1.54, 1.807) is 24.5 Å². The number of nitrogens with zero attached hydrogens (tertiary/aromatic N) is 2. The molecule has 6 heteroatoms. The molecule has 0 aliphatic heterocycles. The highest BCUT2D eigenvalue weighted by Crippen LogP contribution is 2.35. The Labute approximate surface area is 154 Å². The van der Waals surface area contributed by atoms with Crippen LogP contribution in [-0.4, -0.2) is 18.7 Å². The van der Waals surface area contributed by atoms with Gasteiger partial charge >= 0.3 is 0 Å². The van der Waals surface area contributed by atoms with Gasteiger partial charge in [0.2, 0.25) is 0 Å². The second-order valence-corrected chi connectivity index (χ2v) is 6.80. The second-order valence-electron chi connectivity index (χ2n) is 5.00. The number of methoxy groups -OCH3 is 1. The van der Waals surface area contributed by atoms with Crippen LogP contribution in [-0.2, 0) is 0 Å². The number of hydrogen-bond donors (Lipinski definition) is 0. The molecule has 3 rings (SSSR count). The molecule has 2 aromatic heterocycles. The van der Waals surface area contributed by atoms with Gasteiger partial charge in [-0.15, -0.1) is 22.7 Å². The summed E-state index contributed by atoms with van der Waals surface area (Å²) in [5, 5.41) is 14.3. The number of rotatable bonds is 6. The van der Waals surface area contributed by atoms with Crippen LogP contribution in [0.1, 0.15) is 17.5 Å². The Hall–Kier alpha value is -2.62. The molecule has 0 saturated heterocycles. The molecule has 0 saturated carbocycles. The van der Waals surface area contributed by atoms with Crippen molar-refractivity contribution in [3.05, 3.63) is 51.7 Å². The molecule has 1 aromatic carbocycles. The first-order valence-electron chi connectivity index (χ1n) is 7.68. The zero-order chi connectivity index (χ0) is 17.6. The fourth-order valence-corrected chi connectivity index (χ4v) is 3.88. The van der Waals surface area contributed by atoms with E-state index in [0.29, 0.717) is 28.7 Å². The number of hydrogen-bond acceptors (Lipinski definition) is 6. The summed E-state index contributed by atoms with van der Waals surface area (Å²) < 4.78 is 11.1. The molecule has 0 amide bonds. The molecule has 4 nitrogen and oxygen atoms in total. The van der Waals surface area contributed by atoms with E-state index in [1.165, 1.54) is 11.3 Å². The molecule has 0 unspecified atom stereocenters. The molecule has 0 aliphatic rings. The summed E-state index contributed by atoms with van der Waals surface area (Å²) in [5.41, 5.74) is 2.19. The van der Waals surface area contributed by atoms with E-state index in [9.17, 15) is 5.26 Å². The number of thiophene rings is 1. The molecule has 0 radical (unpaired) electrons. The van der Waals surface area contributed by atoms with Gasteiger partial charge in [-0.3, -0.25) is 0 Å². The van der Waals surface area contributed by atoms with Gasteiger partial charge in [-0.05, 0) is 30.5 Å². The largest absolute Gasteiger partial charge is 0.493 e. The number of aromatic nitrogens is 1. The molecule has 0 atom stereocenters. The molecule has 0 bridgehead atoms. The molecule has 25 heavy (non-hydrogen) atoms. The summed E-state index contributed by atoms with van der Waals surface area (Å²) in [6.07, 6.45) is 1.80. The molecule has 0 spiro atoms. The summed E-state index contributed by atoms with van der Waals surface area (Å²) in [6, 6.07) is 11.9. The fraction of sp³-hybridized carbons (Fsp3) is 0.158. The van der Waals surface area contributed by atoms with Crippen molar-refractivity contribution < 1.29 is 9.47 Å². The minimum Gasteiger partial charge on any atom is -0.493 e. The van der Waals surface area contributed by atoms with Crippen molar-refractivity contribution >= 4 is 34.3 Å². The minimum atomic E-state index is 0.502. The van der Waals surface area contributed by atoms with Gasteiger partial charge in [0.05, 0.1) is 29.9 Å². The number of ether oxygens (including phenoxy) is 2. The highest BCUT2D eigenvalue weighted by Gasteiger charge is 2.13. The van der Waals surface area contributed by atoms with Gasteiger partial charge in [-0.25, -0.2) is 4.98 Å². The Kier molecular flexibility index (Phi) is 5.49. The highest BCUT2D eigenvalue weighted by atomic mass is 32.1. The van der Waals surface area contributed by atoms with Gasteiger partial charge in [0.25, 0.3) is 0 Å². The second kappa shape index (κ2) is 7.97. The van der Waals surface area contributed by atoms with E-state index in [2.05, 4.69) is 11.1 Å². The number of benzene rings is 1. The Bertz CT molecular complexity index is 921. The van der Waals surface area contributed by atoms with Gasteiger partial charge in [-0.2, -0.15) is 5.26 Å². The predicted molar refractivity (Wildman–Crippen MR) is 103 cm³/mol. The van der Waals surface area contributed by atoms with E-state index < -0.39 is 0 Å². The van der Waals surface area contributed by atoms with Crippen LogP contribution >= 0.6 is 22.7 Å². The number of allylic oxidation sites excluding steroid dienone is 1. The Morgan fingerprint density at radius 1 is 1.28 bits per heavy atom. The quantitative estimate of drug-likeness (QED) is 0.551. The standard InChI is InChI=1S/C19H16N2O2S2/c1-3-23-18-13(6-4-7-16(18)22-2)10-14(11-20)19-21-15(12-25-19)17-8-5-9-24-17/h4-10,12H,3H2,1-2H3/b14-10-. The third-order valence-electron chi connectivity index (χ3n) is 3.45. The number of para-hydroxylation sites is 1. The van der Waals surface area contributed by atoms with Crippen LogP contribution in [0, 0.1) is 11.3 Å². The molecule has 126 valence electrons. The minimum absolute atomic E-state index is 0.502. The van der Waals surface area contributed by atoms with Gasteiger partial charge in [0.15, 0.2) is 11.5 Å². The van der Waals surface area contributed by atoms with E-state index in [1.807, 2.05) is 48.0 Å². The van der Waals surface area contributed by atoms with Crippen LogP contribution in [0.2, 0.25) is 0 Å². The van der Waals surface area contributed by atoms with E-state index in [-0.39, 0.29) is 0 Å². The lowest BCUT2D eigenvalue weighted by Crippen LogP contribution is -1.97. The summed E-state index contributed by atoms with van der Waals surface area (Å²) in [6.45, 7) is 2.43. The van der Waals surface area contributed by atoms with Crippen LogP contribution in [0.15, 0.2) is 41.1 Å². The topological polar surface area (TPSA) is 55.1 Å². The zero-order valence-corrected chi connectivity index (χ0v) is 15.5.